The van der Waals surface area contributed by atoms with Gasteiger partial charge in [0.25, 0.3) is 0 Å². The smallest absolute Gasteiger partial charge is 0.0371 e. The second-order valence-corrected chi connectivity index (χ2v) is 7.24. The molecule has 6 atom stereocenters. The average Bonchev–Trinajstić information content (AvgIpc) is 2.48. The van der Waals surface area contributed by atoms with Gasteiger partial charge in [0.05, 0.1) is 0 Å². The van der Waals surface area contributed by atoms with E-state index in [1.807, 2.05) is 0 Å². The Balaban J connectivity index is 1.70. The van der Waals surface area contributed by atoms with Crippen LogP contribution in [-0.4, -0.2) is 12.1 Å². The highest BCUT2D eigenvalue weighted by Crippen LogP contribution is 2.57. The fourth-order valence-electron chi connectivity index (χ4n) is 6.02. The van der Waals surface area contributed by atoms with Crippen LogP contribution in [0.2, 0.25) is 0 Å². The summed E-state index contributed by atoms with van der Waals surface area (Å²) in [6, 6.07) is 12.9. The third-order valence-corrected chi connectivity index (χ3v) is 6.61. The van der Waals surface area contributed by atoms with Crippen molar-refractivity contribution in [1.29, 1.82) is 0 Å². The lowest BCUT2D eigenvalue weighted by Crippen LogP contribution is -2.65. The third kappa shape index (κ3) is 1.68. The molecule has 2 aliphatic heterocycles. The van der Waals surface area contributed by atoms with Crippen LogP contribution in [0, 0.1) is 23.7 Å². The van der Waals surface area contributed by atoms with Crippen LogP contribution < -0.4 is 4.90 Å². The second kappa shape index (κ2) is 4.79. The minimum absolute atomic E-state index is 0.827. The van der Waals surface area contributed by atoms with E-state index in [4.69, 9.17) is 0 Å². The quantitative estimate of drug-likeness (QED) is 0.767. The fourth-order valence-corrected chi connectivity index (χ4v) is 6.02. The minimum Gasteiger partial charge on any atom is -0.365 e. The molecule has 1 heteroatoms. The first kappa shape index (κ1) is 12.7. The van der Waals surface area contributed by atoms with E-state index in [-0.39, 0.29) is 0 Å². The summed E-state index contributed by atoms with van der Waals surface area (Å²) in [6.45, 7) is 4.84. The van der Waals surface area contributed by atoms with Gasteiger partial charge < -0.3 is 4.90 Å². The number of para-hydroxylation sites is 1. The van der Waals surface area contributed by atoms with Crippen molar-refractivity contribution >= 4 is 5.69 Å². The van der Waals surface area contributed by atoms with E-state index in [9.17, 15) is 0 Å². The van der Waals surface area contributed by atoms with Gasteiger partial charge in [0, 0.05) is 17.8 Å². The van der Waals surface area contributed by atoms with Crippen LogP contribution in [0.1, 0.15) is 46.0 Å². The third-order valence-electron chi connectivity index (χ3n) is 6.61. The summed E-state index contributed by atoms with van der Waals surface area (Å²) in [5.41, 5.74) is 1.48. The summed E-state index contributed by atoms with van der Waals surface area (Å²) in [7, 11) is 0. The highest BCUT2D eigenvalue weighted by Gasteiger charge is 2.55. The fraction of sp³-hybridized carbons (Fsp3) is 0.684. The number of hydrogen-bond acceptors (Lipinski definition) is 1. The molecule has 0 amide bonds. The van der Waals surface area contributed by atoms with Crippen LogP contribution in [0.3, 0.4) is 0 Å². The van der Waals surface area contributed by atoms with E-state index < -0.39 is 0 Å². The maximum atomic E-state index is 2.81. The second-order valence-electron chi connectivity index (χ2n) is 7.24. The zero-order valence-corrected chi connectivity index (χ0v) is 12.8. The topological polar surface area (TPSA) is 3.24 Å². The summed E-state index contributed by atoms with van der Waals surface area (Å²) in [5.74, 6) is 4.02. The van der Waals surface area contributed by atoms with Crippen molar-refractivity contribution in [3.63, 3.8) is 0 Å². The number of benzene rings is 1. The van der Waals surface area contributed by atoms with E-state index in [1.54, 1.807) is 0 Å². The standard InChI is InChI=1S/C19H27N/c1-3-16-13-10-15-12-18(16)17(4-2)19(11-13)20(15)14-8-6-5-7-9-14/h5-9,13,15-19H,3-4,10-12H2,1-2H3. The van der Waals surface area contributed by atoms with Crippen molar-refractivity contribution in [1.82, 2.24) is 0 Å². The van der Waals surface area contributed by atoms with E-state index in [2.05, 4.69) is 49.1 Å². The van der Waals surface area contributed by atoms with Gasteiger partial charge in [0.2, 0.25) is 0 Å². The molecule has 4 aliphatic rings. The molecule has 1 nitrogen and oxygen atoms in total. The molecule has 108 valence electrons. The summed E-state index contributed by atoms with van der Waals surface area (Å²) in [6.07, 6.45) is 7.15. The molecule has 2 aliphatic carbocycles. The Bertz CT molecular complexity index is 468. The molecule has 1 aromatic carbocycles. The summed E-state index contributed by atoms with van der Waals surface area (Å²) in [4.78, 5) is 2.81. The SMILES string of the molecule is CCC1C2CC3CC1C(CC)C(C2)N3c1ccccc1. The van der Waals surface area contributed by atoms with Crippen LogP contribution in [-0.2, 0) is 0 Å². The molecule has 0 N–H and O–H groups in total. The molecule has 2 saturated carbocycles. The van der Waals surface area contributed by atoms with Crippen molar-refractivity contribution in [2.75, 3.05) is 4.90 Å². The molecule has 20 heavy (non-hydrogen) atoms. The normalized spacial score (nSPS) is 42.2. The lowest BCUT2D eigenvalue weighted by Gasteiger charge is -2.64. The van der Waals surface area contributed by atoms with Crippen LogP contribution >= 0.6 is 0 Å². The van der Waals surface area contributed by atoms with E-state index in [1.165, 1.54) is 37.8 Å². The van der Waals surface area contributed by atoms with Crippen molar-refractivity contribution in [3.05, 3.63) is 30.3 Å². The maximum absolute atomic E-state index is 2.81. The molecule has 6 unspecified atom stereocenters. The molecular formula is C19H27N. The van der Waals surface area contributed by atoms with Gasteiger partial charge in [0.1, 0.15) is 0 Å². The van der Waals surface area contributed by atoms with Crippen molar-refractivity contribution < 1.29 is 0 Å². The van der Waals surface area contributed by atoms with Gasteiger partial charge >= 0.3 is 0 Å². The van der Waals surface area contributed by atoms with Gasteiger partial charge in [-0.2, -0.15) is 0 Å². The molecule has 0 aromatic heterocycles. The molecule has 5 rings (SSSR count). The Labute approximate surface area is 123 Å². The maximum Gasteiger partial charge on any atom is 0.0371 e. The largest absolute Gasteiger partial charge is 0.365 e. The molecule has 2 saturated heterocycles. The Hall–Kier alpha value is -0.980. The average molecular weight is 269 g/mol. The van der Waals surface area contributed by atoms with Crippen molar-refractivity contribution in [2.45, 2.75) is 58.0 Å². The first-order valence-electron chi connectivity index (χ1n) is 8.66. The number of hydrogen-bond donors (Lipinski definition) is 0. The highest BCUT2D eigenvalue weighted by molar-refractivity contribution is 5.50. The molecule has 1 aromatic rings. The monoisotopic (exact) mass is 269 g/mol. The molecule has 4 bridgehead atoms. The van der Waals surface area contributed by atoms with Gasteiger partial charge in [-0.1, -0.05) is 44.9 Å². The first-order chi connectivity index (χ1) is 9.83. The Morgan fingerprint density at radius 1 is 0.950 bits per heavy atom. The molecule has 0 radical (unpaired) electrons. The summed E-state index contributed by atoms with van der Waals surface area (Å²) in [5, 5.41) is 0. The zero-order valence-electron chi connectivity index (χ0n) is 12.8. The van der Waals surface area contributed by atoms with Gasteiger partial charge in [-0.05, 0) is 55.1 Å². The van der Waals surface area contributed by atoms with Crippen molar-refractivity contribution in [3.8, 4) is 0 Å². The highest BCUT2D eigenvalue weighted by atomic mass is 15.2. The van der Waals surface area contributed by atoms with Gasteiger partial charge in [-0.15, -0.1) is 0 Å². The lowest BCUT2D eigenvalue weighted by atomic mass is 9.52. The Morgan fingerprint density at radius 2 is 1.70 bits per heavy atom. The van der Waals surface area contributed by atoms with E-state index >= 15 is 0 Å². The van der Waals surface area contributed by atoms with Gasteiger partial charge in [0.15, 0.2) is 0 Å². The van der Waals surface area contributed by atoms with E-state index in [0.29, 0.717) is 0 Å². The summed E-state index contributed by atoms with van der Waals surface area (Å²) < 4.78 is 0. The number of rotatable bonds is 3. The van der Waals surface area contributed by atoms with Crippen LogP contribution in [0.15, 0.2) is 30.3 Å². The molecule has 2 heterocycles. The predicted molar refractivity (Wildman–Crippen MR) is 84.9 cm³/mol. The predicted octanol–water partition coefficient (Wildman–Crippen LogP) is 4.73. The Kier molecular flexibility index (Phi) is 3.05. The molecular weight excluding hydrogens is 242 g/mol. The summed E-state index contributed by atoms with van der Waals surface area (Å²) >= 11 is 0. The minimum atomic E-state index is 0.827. The zero-order chi connectivity index (χ0) is 13.7. The molecule has 0 spiro atoms. The van der Waals surface area contributed by atoms with E-state index in [0.717, 1.165) is 35.8 Å². The molecule has 4 fully saturated rings. The lowest BCUT2D eigenvalue weighted by molar-refractivity contribution is -0.0324. The van der Waals surface area contributed by atoms with Gasteiger partial charge in [-0.3, -0.25) is 0 Å². The number of anilines is 1. The van der Waals surface area contributed by atoms with Crippen LogP contribution in [0.4, 0.5) is 5.69 Å². The van der Waals surface area contributed by atoms with Gasteiger partial charge in [-0.25, -0.2) is 0 Å². The number of piperidine rings is 2. The first-order valence-corrected chi connectivity index (χ1v) is 8.66. The van der Waals surface area contributed by atoms with Crippen LogP contribution in [0.5, 0.6) is 0 Å². The Morgan fingerprint density at radius 3 is 2.40 bits per heavy atom. The van der Waals surface area contributed by atoms with Crippen molar-refractivity contribution in [2.24, 2.45) is 23.7 Å². The van der Waals surface area contributed by atoms with Crippen LogP contribution in [0.25, 0.3) is 0 Å². The number of nitrogens with zero attached hydrogens (tertiary/aromatic N) is 1.